The van der Waals surface area contributed by atoms with Gasteiger partial charge in [0.1, 0.15) is 5.82 Å². The Hall–Kier alpha value is -1.09. The van der Waals surface area contributed by atoms with Gasteiger partial charge in [-0.05, 0) is 30.5 Å². The lowest BCUT2D eigenvalue weighted by Gasteiger charge is -2.38. The van der Waals surface area contributed by atoms with E-state index in [9.17, 15) is 9.18 Å². The van der Waals surface area contributed by atoms with Crippen molar-refractivity contribution in [3.05, 3.63) is 34.6 Å². The molecule has 0 amide bonds. The molecule has 1 aliphatic carbocycles. The number of rotatable bonds is 2. The highest BCUT2D eigenvalue weighted by atomic mass is 35.5. The van der Waals surface area contributed by atoms with Gasteiger partial charge in [-0.1, -0.05) is 24.1 Å². The zero-order valence-electron chi connectivity index (χ0n) is 7.96. The van der Waals surface area contributed by atoms with Gasteiger partial charge in [0.2, 0.25) is 0 Å². The fourth-order valence-electron chi connectivity index (χ4n) is 1.95. The van der Waals surface area contributed by atoms with Crippen molar-refractivity contribution in [1.82, 2.24) is 0 Å². The van der Waals surface area contributed by atoms with Crippen LogP contribution in [0.4, 0.5) is 4.39 Å². The Bertz CT molecular complexity index is 413. The molecule has 1 aromatic rings. The van der Waals surface area contributed by atoms with Gasteiger partial charge in [-0.3, -0.25) is 4.79 Å². The summed E-state index contributed by atoms with van der Waals surface area (Å²) in [6.07, 6.45) is 2.09. The Labute approximate surface area is 91.7 Å². The molecule has 0 saturated heterocycles. The molecule has 0 aliphatic heterocycles. The van der Waals surface area contributed by atoms with E-state index in [4.69, 9.17) is 16.7 Å². The van der Waals surface area contributed by atoms with Crippen LogP contribution in [0.25, 0.3) is 0 Å². The molecule has 0 radical (unpaired) electrons. The minimum absolute atomic E-state index is 0.0139. The largest absolute Gasteiger partial charge is 0.481 e. The lowest BCUT2D eigenvalue weighted by molar-refractivity contribution is -0.147. The van der Waals surface area contributed by atoms with Crippen molar-refractivity contribution in [2.75, 3.05) is 0 Å². The van der Waals surface area contributed by atoms with Gasteiger partial charge in [-0.2, -0.15) is 0 Å². The van der Waals surface area contributed by atoms with Gasteiger partial charge >= 0.3 is 5.97 Å². The zero-order valence-corrected chi connectivity index (χ0v) is 8.72. The molecule has 1 aromatic carbocycles. The van der Waals surface area contributed by atoms with Gasteiger partial charge < -0.3 is 5.11 Å². The smallest absolute Gasteiger partial charge is 0.314 e. The molecule has 1 N–H and O–H groups in total. The number of hydrogen-bond acceptors (Lipinski definition) is 1. The second kappa shape index (κ2) is 3.49. The third-order valence-electron chi connectivity index (χ3n) is 3.09. The van der Waals surface area contributed by atoms with Gasteiger partial charge in [-0.15, -0.1) is 0 Å². The number of benzene rings is 1. The summed E-state index contributed by atoms with van der Waals surface area (Å²) >= 11 is 5.64. The topological polar surface area (TPSA) is 37.3 Å². The molecule has 2 rings (SSSR count). The fraction of sp³-hybridized carbons (Fsp3) is 0.364. The summed E-state index contributed by atoms with van der Waals surface area (Å²) in [6, 6.07) is 4.15. The Balaban J connectivity index is 2.44. The molecule has 0 aromatic heterocycles. The van der Waals surface area contributed by atoms with Crippen LogP contribution in [0.15, 0.2) is 18.2 Å². The SMILES string of the molecule is O=C(O)C1(c2ccc(F)c(Cl)c2)CCC1. The molecule has 0 spiro atoms. The number of carbonyl (C=O) groups is 1. The molecule has 1 fully saturated rings. The molecule has 4 heteroatoms. The maximum atomic E-state index is 12.9. The Kier molecular flexibility index (Phi) is 2.43. The Morgan fingerprint density at radius 3 is 2.53 bits per heavy atom. The summed E-state index contributed by atoms with van der Waals surface area (Å²) < 4.78 is 12.9. The van der Waals surface area contributed by atoms with Crippen molar-refractivity contribution in [2.45, 2.75) is 24.7 Å². The van der Waals surface area contributed by atoms with E-state index >= 15 is 0 Å². The first-order valence-corrected chi connectivity index (χ1v) is 5.13. The monoisotopic (exact) mass is 228 g/mol. The van der Waals surface area contributed by atoms with Gasteiger partial charge in [0.15, 0.2) is 0 Å². The molecule has 0 atom stereocenters. The quantitative estimate of drug-likeness (QED) is 0.845. The van der Waals surface area contributed by atoms with Crippen LogP contribution in [0.3, 0.4) is 0 Å². The van der Waals surface area contributed by atoms with Crippen LogP contribution in [0.2, 0.25) is 5.02 Å². The summed E-state index contributed by atoms with van der Waals surface area (Å²) in [5, 5.41) is 9.15. The van der Waals surface area contributed by atoms with E-state index in [1.54, 1.807) is 0 Å². The summed E-state index contributed by atoms with van der Waals surface area (Å²) in [4.78, 5) is 11.2. The third-order valence-corrected chi connectivity index (χ3v) is 3.38. The second-order valence-electron chi connectivity index (χ2n) is 3.87. The predicted octanol–water partition coefficient (Wildman–Crippen LogP) is 2.99. The molecule has 0 bridgehead atoms. The van der Waals surface area contributed by atoms with Crippen molar-refractivity contribution >= 4 is 17.6 Å². The number of hydrogen-bond donors (Lipinski definition) is 1. The number of carboxylic acids is 1. The van der Waals surface area contributed by atoms with Crippen molar-refractivity contribution in [1.29, 1.82) is 0 Å². The Morgan fingerprint density at radius 2 is 2.13 bits per heavy atom. The van der Waals surface area contributed by atoms with E-state index < -0.39 is 17.2 Å². The first-order valence-electron chi connectivity index (χ1n) is 4.75. The molecule has 0 heterocycles. The highest BCUT2D eigenvalue weighted by Gasteiger charge is 2.46. The van der Waals surface area contributed by atoms with Crippen molar-refractivity contribution in [3.8, 4) is 0 Å². The van der Waals surface area contributed by atoms with E-state index in [2.05, 4.69) is 0 Å². The van der Waals surface area contributed by atoms with Crippen LogP contribution < -0.4 is 0 Å². The van der Waals surface area contributed by atoms with Crippen LogP contribution in [0.1, 0.15) is 24.8 Å². The molecule has 1 aliphatic rings. The summed E-state index contributed by atoms with van der Waals surface area (Å²) in [5.41, 5.74) is -0.232. The van der Waals surface area contributed by atoms with Crippen LogP contribution in [0, 0.1) is 5.82 Å². The average Bonchev–Trinajstić information content (AvgIpc) is 2.08. The molecule has 1 saturated carbocycles. The van der Waals surface area contributed by atoms with Crippen molar-refractivity contribution in [2.24, 2.45) is 0 Å². The highest BCUT2D eigenvalue weighted by molar-refractivity contribution is 6.30. The normalized spacial score (nSPS) is 18.3. The fourth-order valence-corrected chi connectivity index (χ4v) is 2.13. The summed E-state index contributed by atoms with van der Waals surface area (Å²) in [7, 11) is 0. The predicted molar refractivity (Wildman–Crippen MR) is 54.6 cm³/mol. The van der Waals surface area contributed by atoms with Crippen molar-refractivity contribution in [3.63, 3.8) is 0 Å². The highest BCUT2D eigenvalue weighted by Crippen LogP contribution is 2.44. The maximum absolute atomic E-state index is 12.9. The third kappa shape index (κ3) is 1.51. The molecular formula is C11H10ClFO2. The minimum Gasteiger partial charge on any atom is -0.481 e. The molecule has 2 nitrogen and oxygen atoms in total. The first-order chi connectivity index (χ1) is 7.06. The van der Waals surface area contributed by atoms with E-state index in [1.807, 2.05) is 0 Å². The van der Waals surface area contributed by atoms with Gasteiger partial charge in [0.25, 0.3) is 0 Å². The van der Waals surface area contributed by atoms with E-state index in [1.165, 1.54) is 18.2 Å². The van der Waals surface area contributed by atoms with Crippen LogP contribution in [-0.4, -0.2) is 11.1 Å². The van der Waals surface area contributed by atoms with Gasteiger partial charge in [-0.25, -0.2) is 4.39 Å². The van der Waals surface area contributed by atoms with Gasteiger partial charge in [0.05, 0.1) is 10.4 Å². The minimum atomic E-state index is -0.851. The van der Waals surface area contributed by atoms with Crippen LogP contribution >= 0.6 is 11.6 Å². The Morgan fingerprint density at radius 1 is 1.47 bits per heavy atom. The standard InChI is InChI=1S/C11H10ClFO2/c12-8-6-7(2-3-9(8)13)11(10(14)15)4-1-5-11/h2-3,6H,1,4-5H2,(H,14,15). The van der Waals surface area contributed by atoms with Crippen LogP contribution in [0.5, 0.6) is 0 Å². The van der Waals surface area contributed by atoms with Crippen LogP contribution in [-0.2, 0) is 10.2 Å². The lowest BCUT2D eigenvalue weighted by Crippen LogP contribution is -2.42. The number of halogens is 2. The van der Waals surface area contributed by atoms with E-state index in [0.29, 0.717) is 18.4 Å². The van der Waals surface area contributed by atoms with E-state index in [-0.39, 0.29) is 5.02 Å². The summed E-state index contributed by atoms with van der Waals surface area (Å²) in [5.74, 6) is -1.36. The second-order valence-corrected chi connectivity index (χ2v) is 4.28. The van der Waals surface area contributed by atoms with E-state index in [0.717, 1.165) is 6.42 Å². The van der Waals surface area contributed by atoms with Gasteiger partial charge in [0, 0.05) is 0 Å². The molecule has 80 valence electrons. The number of carboxylic acid groups (broad SMARTS) is 1. The number of aliphatic carboxylic acids is 1. The molecular weight excluding hydrogens is 219 g/mol. The first kappa shape index (κ1) is 10.4. The molecule has 0 unspecified atom stereocenters. The van der Waals surface area contributed by atoms with Crippen molar-refractivity contribution < 1.29 is 14.3 Å². The maximum Gasteiger partial charge on any atom is 0.314 e. The zero-order chi connectivity index (χ0) is 11.1. The lowest BCUT2D eigenvalue weighted by atomic mass is 9.64. The average molecular weight is 229 g/mol. The summed E-state index contributed by atoms with van der Waals surface area (Å²) in [6.45, 7) is 0. The molecule has 15 heavy (non-hydrogen) atoms.